The molecule has 0 saturated carbocycles. The first-order valence-electron chi connectivity index (χ1n) is 10.1. The van der Waals surface area contributed by atoms with E-state index >= 15 is 0 Å². The Hall–Kier alpha value is -3.52. The molecule has 0 radical (unpaired) electrons. The second-order valence-corrected chi connectivity index (χ2v) is 8.15. The molecule has 32 heavy (non-hydrogen) atoms. The number of aromatic nitrogens is 2. The van der Waals surface area contributed by atoms with Gasteiger partial charge < -0.3 is 14.4 Å². The monoisotopic (exact) mass is 451 g/mol. The van der Waals surface area contributed by atoms with Crippen molar-refractivity contribution in [1.82, 2.24) is 14.9 Å². The van der Waals surface area contributed by atoms with Crippen molar-refractivity contribution >= 4 is 27.5 Å². The number of carbonyl (C=O) groups is 1. The van der Waals surface area contributed by atoms with E-state index in [1.165, 1.54) is 34.7 Å². The predicted octanol–water partition coefficient (Wildman–Crippen LogP) is 5.05. The zero-order valence-electron chi connectivity index (χ0n) is 17.7. The highest BCUT2D eigenvalue weighted by Gasteiger charge is 2.14. The van der Waals surface area contributed by atoms with Crippen molar-refractivity contribution in [2.24, 2.45) is 0 Å². The fourth-order valence-corrected chi connectivity index (χ4v) is 4.10. The number of rotatable bonds is 8. The molecule has 2 heterocycles. The molecule has 0 fully saturated rings. The summed E-state index contributed by atoms with van der Waals surface area (Å²) in [6, 6.07) is 13.4. The van der Waals surface area contributed by atoms with E-state index in [1.807, 2.05) is 11.4 Å². The van der Waals surface area contributed by atoms with Crippen LogP contribution in [-0.2, 0) is 0 Å². The molecule has 0 atom stereocenters. The van der Waals surface area contributed by atoms with Crippen LogP contribution in [0, 0.1) is 5.82 Å². The third-order valence-electron chi connectivity index (χ3n) is 4.77. The molecule has 0 spiro atoms. The average molecular weight is 452 g/mol. The molecule has 0 aliphatic rings. The van der Waals surface area contributed by atoms with Gasteiger partial charge in [-0.1, -0.05) is 18.2 Å². The fraction of sp³-hybridized carbons (Fsp3) is 0.208. The normalized spacial score (nSPS) is 10.8. The van der Waals surface area contributed by atoms with Crippen LogP contribution in [0.5, 0.6) is 11.6 Å². The number of thiophene rings is 1. The minimum absolute atomic E-state index is 0.0701. The van der Waals surface area contributed by atoms with E-state index in [1.54, 1.807) is 44.4 Å². The maximum atomic E-state index is 13.3. The van der Waals surface area contributed by atoms with Crippen LogP contribution in [0.2, 0.25) is 0 Å². The first-order valence-corrected chi connectivity index (χ1v) is 11.0. The van der Waals surface area contributed by atoms with E-state index in [0.717, 1.165) is 21.3 Å². The molecule has 164 valence electrons. The number of carbonyl (C=O) groups excluding carboxylic acids is 1. The maximum absolute atomic E-state index is 13.3. The van der Waals surface area contributed by atoms with Gasteiger partial charge in [0.25, 0.3) is 5.91 Å². The molecule has 1 amide bonds. The Labute approximate surface area is 189 Å². The van der Waals surface area contributed by atoms with E-state index in [4.69, 9.17) is 9.47 Å². The number of nitrogens with zero attached hydrogens (tertiary/aromatic N) is 3. The minimum atomic E-state index is -0.280. The van der Waals surface area contributed by atoms with E-state index in [-0.39, 0.29) is 11.7 Å². The van der Waals surface area contributed by atoms with Crippen molar-refractivity contribution < 1.29 is 18.7 Å². The summed E-state index contributed by atoms with van der Waals surface area (Å²) in [5.74, 6) is 0.782. The Balaban J connectivity index is 1.38. The second kappa shape index (κ2) is 9.74. The van der Waals surface area contributed by atoms with Crippen LogP contribution in [0.1, 0.15) is 16.8 Å². The number of hydrogen-bond acceptors (Lipinski definition) is 6. The summed E-state index contributed by atoms with van der Waals surface area (Å²) in [6.07, 6.45) is 2.11. The largest absolute Gasteiger partial charge is 0.493 e. The van der Waals surface area contributed by atoms with Crippen LogP contribution in [-0.4, -0.2) is 48.1 Å². The molecule has 0 bridgehead atoms. The Bertz CT molecular complexity index is 1220. The lowest BCUT2D eigenvalue weighted by atomic mass is 10.1. The van der Waals surface area contributed by atoms with Gasteiger partial charge in [0.05, 0.1) is 18.6 Å². The zero-order valence-corrected chi connectivity index (χ0v) is 18.6. The molecular weight excluding hydrogens is 429 g/mol. The first-order chi connectivity index (χ1) is 15.5. The number of benzene rings is 2. The van der Waals surface area contributed by atoms with Crippen LogP contribution in [0.15, 0.2) is 60.2 Å². The molecule has 0 N–H and O–H groups in total. The quantitative estimate of drug-likeness (QED) is 0.351. The second-order valence-electron chi connectivity index (χ2n) is 7.29. The van der Waals surface area contributed by atoms with E-state index in [2.05, 4.69) is 9.97 Å². The van der Waals surface area contributed by atoms with E-state index in [0.29, 0.717) is 36.8 Å². The molecule has 2 aromatic heterocycles. The van der Waals surface area contributed by atoms with Gasteiger partial charge in [-0.05, 0) is 35.9 Å². The van der Waals surface area contributed by atoms with Crippen LogP contribution in [0.4, 0.5) is 4.39 Å². The molecule has 0 unspecified atom stereocenters. The molecule has 0 aliphatic carbocycles. The Morgan fingerprint density at radius 3 is 2.62 bits per heavy atom. The third kappa shape index (κ3) is 4.86. The van der Waals surface area contributed by atoms with Gasteiger partial charge in [0, 0.05) is 37.0 Å². The van der Waals surface area contributed by atoms with Crippen LogP contribution < -0.4 is 9.47 Å². The lowest BCUT2D eigenvalue weighted by Gasteiger charge is -2.12. The van der Waals surface area contributed by atoms with Gasteiger partial charge in [-0.25, -0.2) is 14.4 Å². The molecule has 4 aromatic rings. The highest BCUT2D eigenvalue weighted by molar-refractivity contribution is 7.17. The topological polar surface area (TPSA) is 64.6 Å². The van der Waals surface area contributed by atoms with Gasteiger partial charge in [0.15, 0.2) is 0 Å². The van der Waals surface area contributed by atoms with Crippen molar-refractivity contribution in [1.29, 1.82) is 0 Å². The molecule has 4 rings (SSSR count). The standard InChI is InChI=1S/C24H22FN3O3S/c1-28(2)24(29)17-5-3-6-19(13-17)30-11-4-12-31-22-21-20(14-32-23(21)27-15-26-22)16-7-9-18(25)10-8-16/h3,5-10,13-15H,4,11-12H2,1-2H3. The van der Waals surface area contributed by atoms with Gasteiger partial charge in [-0.15, -0.1) is 11.3 Å². The van der Waals surface area contributed by atoms with Crippen LogP contribution >= 0.6 is 11.3 Å². The summed E-state index contributed by atoms with van der Waals surface area (Å²) < 4.78 is 25.0. The Morgan fingerprint density at radius 1 is 1.06 bits per heavy atom. The summed E-state index contributed by atoms with van der Waals surface area (Å²) >= 11 is 1.49. The van der Waals surface area contributed by atoms with Crippen molar-refractivity contribution in [3.05, 3.63) is 71.6 Å². The number of halogens is 1. The number of hydrogen-bond donors (Lipinski definition) is 0. The van der Waals surface area contributed by atoms with Gasteiger partial charge in [0.1, 0.15) is 22.7 Å². The van der Waals surface area contributed by atoms with Gasteiger partial charge in [0.2, 0.25) is 5.88 Å². The minimum Gasteiger partial charge on any atom is -0.493 e. The fourth-order valence-electron chi connectivity index (χ4n) is 3.19. The lowest BCUT2D eigenvalue weighted by Crippen LogP contribution is -2.21. The highest BCUT2D eigenvalue weighted by Crippen LogP contribution is 2.37. The van der Waals surface area contributed by atoms with Crippen molar-refractivity contribution in [2.75, 3.05) is 27.3 Å². The molecule has 6 nitrogen and oxygen atoms in total. The van der Waals surface area contributed by atoms with E-state index < -0.39 is 0 Å². The maximum Gasteiger partial charge on any atom is 0.253 e. The van der Waals surface area contributed by atoms with Crippen LogP contribution in [0.3, 0.4) is 0 Å². The van der Waals surface area contributed by atoms with Crippen molar-refractivity contribution in [3.8, 4) is 22.8 Å². The Morgan fingerprint density at radius 2 is 1.84 bits per heavy atom. The Kier molecular flexibility index (Phi) is 6.61. The molecule has 2 aromatic carbocycles. The number of fused-ring (bicyclic) bond motifs is 1. The van der Waals surface area contributed by atoms with Crippen molar-refractivity contribution in [2.45, 2.75) is 6.42 Å². The lowest BCUT2D eigenvalue weighted by molar-refractivity contribution is 0.0827. The molecular formula is C24H22FN3O3S. The van der Waals surface area contributed by atoms with Gasteiger partial charge in [-0.2, -0.15) is 0 Å². The summed E-state index contributed by atoms with van der Waals surface area (Å²) in [5, 5.41) is 2.80. The summed E-state index contributed by atoms with van der Waals surface area (Å²) in [5.41, 5.74) is 2.38. The molecule has 0 saturated heterocycles. The van der Waals surface area contributed by atoms with E-state index in [9.17, 15) is 9.18 Å². The van der Waals surface area contributed by atoms with Crippen LogP contribution in [0.25, 0.3) is 21.3 Å². The zero-order chi connectivity index (χ0) is 22.5. The predicted molar refractivity (Wildman–Crippen MR) is 123 cm³/mol. The van der Waals surface area contributed by atoms with Gasteiger partial charge in [-0.3, -0.25) is 4.79 Å². The first kappa shape index (κ1) is 21.7. The number of amides is 1. The SMILES string of the molecule is CN(C)C(=O)c1cccc(OCCCOc2ncnc3scc(-c4ccc(F)cc4)c23)c1. The number of ether oxygens (including phenoxy) is 2. The molecule has 0 aliphatic heterocycles. The smallest absolute Gasteiger partial charge is 0.253 e. The van der Waals surface area contributed by atoms with Gasteiger partial charge >= 0.3 is 0 Å². The average Bonchev–Trinajstić information content (AvgIpc) is 3.24. The summed E-state index contributed by atoms with van der Waals surface area (Å²) in [4.78, 5) is 23.0. The highest BCUT2D eigenvalue weighted by atomic mass is 32.1. The molecule has 8 heteroatoms. The summed E-state index contributed by atoms with van der Waals surface area (Å²) in [7, 11) is 3.43. The summed E-state index contributed by atoms with van der Waals surface area (Å²) in [6.45, 7) is 0.837. The third-order valence-corrected chi connectivity index (χ3v) is 5.66. The van der Waals surface area contributed by atoms with Crippen molar-refractivity contribution in [3.63, 3.8) is 0 Å².